The highest BCUT2D eigenvalue weighted by Crippen LogP contribution is 2.29. The molecule has 0 aliphatic rings. The molecule has 1 aromatic heterocycles. The maximum Gasteiger partial charge on any atom is 0.170 e. The molecule has 0 bridgehead atoms. The van der Waals surface area contributed by atoms with Crippen LogP contribution >= 0.6 is 0 Å². The third kappa shape index (κ3) is 3.08. The molecule has 0 amide bonds. The molecule has 0 saturated heterocycles. The molecule has 20 heavy (non-hydrogen) atoms. The van der Waals surface area contributed by atoms with E-state index in [4.69, 9.17) is 14.6 Å². The largest absolute Gasteiger partial charge is 0.490 e. The Morgan fingerprint density at radius 3 is 2.60 bits per heavy atom. The first kappa shape index (κ1) is 14.3. The Hall–Kier alpha value is -2.08. The first-order valence-electron chi connectivity index (χ1n) is 6.50. The Bertz CT molecular complexity index is 581. The summed E-state index contributed by atoms with van der Waals surface area (Å²) < 4.78 is 13.1. The predicted octanol–water partition coefficient (Wildman–Crippen LogP) is 1.59. The molecule has 0 fully saturated rings. The number of aliphatic hydroxyl groups is 1. The fraction of sp³-hybridized carbons (Fsp3) is 0.429. The molecule has 0 aliphatic carbocycles. The standard InChI is InChI=1S/C14H19N3O3/c1-4-19-13-7-11(8-18)5-6-12(13)20-9-14-16-15-10(2)17(14)3/h5-7,18H,4,8-9H2,1-3H3. The number of aliphatic hydroxyl groups excluding tert-OH is 1. The quantitative estimate of drug-likeness (QED) is 0.868. The van der Waals surface area contributed by atoms with Gasteiger partial charge >= 0.3 is 0 Å². The maximum absolute atomic E-state index is 9.15. The lowest BCUT2D eigenvalue weighted by Gasteiger charge is -2.12. The zero-order chi connectivity index (χ0) is 14.5. The molecule has 6 heteroatoms. The van der Waals surface area contributed by atoms with E-state index in [1.54, 1.807) is 18.2 Å². The smallest absolute Gasteiger partial charge is 0.170 e. The maximum atomic E-state index is 9.15. The predicted molar refractivity (Wildman–Crippen MR) is 73.6 cm³/mol. The van der Waals surface area contributed by atoms with E-state index in [0.717, 1.165) is 17.2 Å². The molecule has 0 saturated carbocycles. The summed E-state index contributed by atoms with van der Waals surface area (Å²) in [5, 5.41) is 17.2. The monoisotopic (exact) mass is 277 g/mol. The van der Waals surface area contributed by atoms with Crippen molar-refractivity contribution in [2.45, 2.75) is 27.1 Å². The van der Waals surface area contributed by atoms with Gasteiger partial charge in [0.25, 0.3) is 0 Å². The van der Waals surface area contributed by atoms with E-state index in [1.807, 2.05) is 25.5 Å². The summed E-state index contributed by atoms with van der Waals surface area (Å²) in [5.41, 5.74) is 0.787. The summed E-state index contributed by atoms with van der Waals surface area (Å²) in [6, 6.07) is 5.38. The van der Waals surface area contributed by atoms with Crippen molar-refractivity contribution in [1.82, 2.24) is 14.8 Å². The highest BCUT2D eigenvalue weighted by Gasteiger charge is 2.10. The van der Waals surface area contributed by atoms with Crippen molar-refractivity contribution in [3.05, 3.63) is 35.4 Å². The van der Waals surface area contributed by atoms with Crippen LogP contribution in [0.3, 0.4) is 0 Å². The number of nitrogens with zero attached hydrogens (tertiary/aromatic N) is 3. The number of benzene rings is 1. The van der Waals surface area contributed by atoms with Gasteiger partial charge < -0.3 is 19.1 Å². The molecule has 0 unspecified atom stereocenters. The zero-order valence-electron chi connectivity index (χ0n) is 12.0. The SMILES string of the molecule is CCOc1cc(CO)ccc1OCc1nnc(C)n1C. The first-order chi connectivity index (χ1) is 9.65. The van der Waals surface area contributed by atoms with Gasteiger partial charge in [-0.25, -0.2) is 0 Å². The molecular weight excluding hydrogens is 258 g/mol. The van der Waals surface area contributed by atoms with Gasteiger partial charge in [0.2, 0.25) is 0 Å². The number of hydrogen-bond donors (Lipinski definition) is 1. The third-order valence-corrected chi connectivity index (χ3v) is 3.03. The van der Waals surface area contributed by atoms with E-state index < -0.39 is 0 Å². The molecule has 2 aromatic rings. The molecule has 108 valence electrons. The van der Waals surface area contributed by atoms with Crippen LogP contribution < -0.4 is 9.47 Å². The van der Waals surface area contributed by atoms with Crippen LogP contribution in [0.4, 0.5) is 0 Å². The van der Waals surface area contributed by atoms with Gasteiger partial charge in [0.1, 0.15) is 12.4 Å². The van der Waals surface area contributed by atoms with Gasteiger partial charge in [0.05, 0.1) is 13.2 Å². The molecule has 1 heterocycles. The van der Waals surface area contributed by atoms with Gasteiger partial charge in [-0.15, -0.1) is 10.2 Å². The molecule has 0 atom stereocenters. The molecule has 6 nitrogen and oxygen atoms in total. The van der Waals surface area contributed by atoms with E-state index >= 15 is 0 Å². The zero-order valence-corrected chi connectivity index (χ0v) is 12.0. The van der Waals surface area contributed by atoms with Crippen LogP contribution in [-0.4, -0.2) is 26.5 Å². The molecule has 0 radical (unpaired) electrons. The van der Waals surface area contributed by atoms with Crippen LogP contribution in [-0.2, 0) is 20.3 Å². The van der Waals surface area contributed by atoms with Gasteiger partial charge in [-0.05, 0) is 31.5 Å². The van der Waals surface area contributed by atoms with Gasteiger partial charge in [-0.2, -0.15) is 0 Å². The number of ether oxygens (including phenoxy) is 2. The molecule has 0 spiro atoms. The van der Waals surface area contributed by atoms with Crippen LogP contribution in [0.25, 0.3) is 0 Å². The Morgan fingerprint density at radius 1 is 1.20 bits per heavy atom. The summed E-state index contributed by atoms with van der Waals surface area (Å²) >= 11 is 0. The lowest BCUT2D eigenvalue weighted by Crippen LogP contribution is -2.06. The van der Waals surface area contributed by atoms with Crippen molar-refractivity contribution in [2.75, 3.05) is 6.61 Å². The van der Waals surface area contributed by atoms with E-state index in [9.17, 15) is 0 Å². The molecule has 0 aliphatic heterocycles. The number of rotatable bonds is 6. The second kappa shape index (κ2) is 6.38. The van der Waals surface area contributed by atoms with Crippen LogP contribution in [0.15, 0.2) is 18.2 Å². The average molecular weight is 277 g/mol. The first-order valence-corrected chi connectivity index (χ1v) is 6.50. The summed E-state index contributed by atoms with van der Waals surface area (Å²) in [6.07, 6.45) is 0. The average Bonchev–Trinajstić information content (AvgIpc) is 2.78. The summed E-state index contributed by atoms with van der Waals surface area (Å²) in [6.45, 7) is 4.62. The summed E-state index contributed by atoms with van der Waals surface area (Å²) in [5.74, 6) is 2.84. The van der Waals surface area contributed by atoms with Crippen molar-refractivity contribution < 1.29 is 14.6 Å². The van der Waals surface area contributed by atoms with E-state index in [0.29, 0.717) is 24.7 Å². The Labute approximate surface area is 118 Å². The number of aryl methyl sites for hydroxylation is 1. The molecule has 2 rings (SSSR count). The van der Waals surface area contributed by atoms with E-state index in [-0.39, 0.29) is 6.61 Å². The third-order valence-electron chi connectivity index (χ3n) is 3.03. The lowest BCUT2D eigenvalue weighted by atomic mass is 10.2. The second-order valence-corrected chi connectivity index (χ2v) is 4.38. The van der Waals surface area contributed by atoms with Crippen LogP contribution in [0.5, 0.6) is 11.5 Å². The van der Waals surface area contributed by atoms with Gasteiger partial charge in [0, 0.05) is 7.05 Å². The minimum Gasteiger partial charge on any atom is -0.490 e. The van der Waals surface area contributed by atoms with Crippen molar-refractivity contribution in [1.29, 1.82) is 0 Å². The van der Waals surface area contributed by atoms with E-state index in [2.05, 4.69) is 10.2 Å². The molecule has 1 aromatic carbocycles. The van der Waals surface area contributed by atoms with Crippen molar-refractivity contribution in [3.63, 3.8) is 0 Å². The minimum absolute atomic E-state index is 0.0250. The topological polar surface area (TPSA) is 69.4 Å². The number of aromatic nitrogens is 3. The van der Waals surface area contributed by atoms with Crippen LogP contribution in [0.2, 0.25) is 0 Å². The fourth-order valence-corrected chi connectivity index (χ4v) is 1.76. The highest BCUT2D eigenvalue weighted by molar-refractivity contribution is 5.42. The molecular formula is C14H19N3O3. The second-order valence-electron chi connectivity index (χ2n) is 4.38. The highest BCUT2D eigenvalue weighted by atomic mass is 16.5. The summed E-state index contributed by atoms with van der Waals surface area (Å²) in [7, 11) is 1.90. The van der Waals surface area contributed by atoms with Crippen LogP contribution in [0.1, 0.15) is 24.1 Å². The van der Waals surface area contributed by atoms with Gasteiger partial charge in [0.15, 0.2) is 17.3 Å². The normalized spacial score (nSPS) is 10.6. The van der Waals surface area contributed by atoms with Gasteiger partial charge in [-0.1, -0.05) is 6.07 Å². The van der Waals surface area contributed by atoms with Crippen molar-refractivity contribution in [2.24, 2.45) is 7.05 Å². The fourth-order valence-electron chi connectivity index (χ4n) is 1.76. The Kier molecular flexibility index (Phi) is 4.57. The lowest BCUT2D eigenvalue weighted by molar-refractivity contribution is 0.256. The molecule has 1 N–H and O–H groups in total. The van der Waals surface area contributed by atoms with Crippen LogP contribution in [0, 0.1) is 6.92 Å². The van der Waals surface area contributed by atoms with Crippen molar-refractivity contribution in [3.8, 4) is 11.5 Å². The Balaban J connectivity index is 2.14. The van der Waals surface area contributed by atoms with E-state index in [1.165, 1.54) is 0 Å². The summed E-state index contributed by atoms with van der Waals surface area (Å²) in [4.78, 5) is 0. The minimum atomic E-state index is -0.0250. The Morgan fingerprint density at radius 2 is 2.00 bits per heavy atom. The number of hydrogen-bond acceptors (Lipinski definition) is 5. The van der Waals surface area contributed by atoms with Gasteiger partial charge in [-0.3, -0.25) is 0 Å². The van der Waals surface area contributed by atoms with Crippen molar-refractivity contribution >= 4 is 0 Å².